The second-order valence-electron chi connectivity index (χ2n) is 13.3. The van der Waals surface area contributed by atoms with Gasteiger partial charge in [-0.1, -0.05) is 19.9 Å². The smallest absolute Gasteiger partial charge is 0.416 e. The molecule has 0 saturated carbocycles. The van der Waals surface area contributed by atoms with E-state index in [1.807, 2.05) is 4.90 Å². The minimum atomic E-state index is -4.83. The highest BCUT2D eigenvalue weighted by molar-refractivity contribution is 5.82. The first-order valence-corrected chi connectivity index (χ1v) is 16.1. The summed E-state index contributed by atoms with van der Waals surface area (Å²) in [6, 6.07) is -0.117. The molecule has 0 bridgehead atoms. The number of alkyl halides is 3. The normalized spacial score (nSPS) is 14.9. The van der Waals surface area contributed by atoms with Crippen LogP contribution in [0.4, 0.5) is 26.3 Å². The Morgan fingerprint density at radius 3 is 2.12 bits per heavy atom. The van der Waals surface area contributed by atoms with Crippen LogP contribution in [0.15, 0.2) is 29.2 Å². The maximum absolute atomic E-state index is 16.5. The zero-order valence-corrected chi connectivity index (χ0v) is 28.3. The van der Waals surface area contributed by atoms with Crippen LogP contribution in [0, 0.1) is 51.1 Å². The van der Waals surface area contributed by atoms with E-state index in [4.69, 9.17) is 0 Å². The van der Waals surface area contributed by atoms with Crippen molar-refractivity contribution in [1.82, 2.24) is 14.8 Å². The third kappa shape index (κ3) is 8.20. The lowest BCUT2D eigenvalue weighted by Crippen LogP contribution is -2.41. The third-order valence-corrected chi connectivity index (χ3v) is 9.06. The number of hydrogen-bond acceptors (Lipinski definition) is 4. The zero-order chi connectivity index (χ0) is 36.5. The van der Waals surface area contributed by atoms with Gasteiger partial charge in [0.1, 0.15) is 23.5 Å². The number of hydrogen-bond donors (Lipinski definition) is 2. The number of carboxylic acid groups (broad SMARTS) is 1. The summed E-state index contributed by atoms with van der Waals surface area (Å²) in [6.45, 7) is 11.1. The molecule has 0 radical (unpaired) electrons. The Hall–Kier alpha value is -4.13. The van der Waals surface area contributed by atoms with E-state index in [1.165, 1.54) is 26.0 Å². The number of nitrogens with one attached hydrogen (secondary N) is 1. The summed E-state index contributed by atoms with van der Waals surface area (Å²) in [5.41, 5.74) is -2.46. The van der Waals surface area contributed by atoms with Gasteiger partial charge in [-0.2, -0.15) is 13.2 Å². The van der Waals surface area contributed by atoms with Crippen LogP contribution in [0.25, 0.3) is 11.1 Å². The highest BCUT2D eigenvalue weighted by atomic mass is 19.4. The molecule has 2 unspecified atom stereocenters. The number of likely N-dealkylation sites (tertiary alicyclic amines) is 1. The molecule has 1 aliphatic rings. The first-order valence-electron chi connectivity index (χ1n) is 16.1. The van der Waals surface area contributed by atoms with Gasteiger partial charge >= 0.3 is 12.1 Å². The fourth-order valence-corrected chi connectivity index (χ4v) is 6.50. The van der Waals surface area contributed by atoms with E-state index in [1.54, 1.807) is 27.7 Å². The summed E-state index contributed by atoms with van der Waals surface area (Å²) >= 11 is 0. The van der Waals surface area contributed by atoms with E-state index >= 15 is 8.78 Å². The van der Waals surface area contributed by atoms with Crippen LogP contribution in [0.2, 0.25) is 0 Å². The molecule has 0 aliphatic carbocycles. The fraction of sp³-hybridized carbons (Fsp3) is 0.472. The van der Waals surface area contributed by atoms with Gasteiger partial charge in [0.2, 0.25) is 5.91 Å². The van der Waals surface area contributed by atoms with Gasteiger partial charge in [0, 0.05) is 29.9 Å². The molecule has 1 amide bonds. The summed E-state index contributed by atoms with van der Waals surface area (Å²) in [7, 11) is 0. The minimum absolute atomic E-state index is 0.0479. The van der Waals surface area contributed by atoms with E-state index < -0.39 is 70.7 Å². The summed E-state index contributed by atoms with van der Waals surface area (Å²) in [6.07, 6.45) is -3.99. The molecule has 266 valence electrons. The molecule has 0 spiro atoms. The molecule has 2 aromatic carbocycles. The number of aromatic nitrogens is 1. The summed E-state index contributed by atoms with van der Waals surface area (Å²) in [5, 5.41) is 12.2. The summed E-state index contributed by atoms with van der Waals surface area (Å²) in [4.78, 5) is 41.1. The van der Waals surface area contributed by atoms with E-state index in [0.29, 0.717) is 23.7 Å². The van der Waals surface area contributed by atoms with Gasteiger partial charge in [-0.05, 0) is 105 Å². The van der Waals surface area contributed by atoms with Crippen molar-refractivity contribution in [2.45, 2.75) is 85.5 Å². The van der Waals surface area contributed by atoms with E-state index in [-0.39, 0.29) is 46.6 Å². The first-order chi connectivity index (χ1) is 22.8. The van der Waals surface area contributed by atoms with Crippen LogP contribution in [0.1, 0.15) is 84.1 Å². The Labute approximate surface area is 280 Å². The van der Waals surface area contributed by atoms with Crippen LogP contribution in [0.5, 0.6) is 0 Å². The lowest BCUT2D eigenvalue weighted by Gasteiger charge is -2.31. The van der Waals surface area contributed by atoms with Gasteiger partial charge in [-0.3, -0.25) is 14.4 Å². The SMILES string of the molecule is Cc1cc(C)c(-c2cc(C)c(F)c(C(CC(=O)O)NC(=O)C(CC(C)C)n3cc(CCN4CCC4)c(C(F)(F)F)cc3=O)c2F)c(C)c1F. The van der Waals surface area contributed by atoms with Crippen LogP contribution < -0.4 is 10.9 Å². The topological polar surface area (TPSA) is 91.6 Å². The molecular formula is C36H41F6N3O4. The van der Waals surface area contributed by atoms with Gasteiger partial charge in [0.05, 0.1) is 18.0 Å². The number of amides is 1. The number of carbonyl (C=O) groups excluding carboxylic acids is 1. The average molecular weight is 694 g/mol. The Morgan fingerprint density at radius 1 is 0.939 bits per heavy atom. The Bertz CT molecular complexity index is 1810. The van der Waals surface area contributed by atoms with E-state index in [2.05, 4.69) is 5.32 Å². The van der Waals surface area contributed by atoms with Crippen molar-refractivity contribution < 1.29 is 41.0 Å². The van der Waals surface area contributed by atoms with Crippen molar-refractivity contribution in [2.75, 3.05) is 19.6 Å². The number of halogens is 6. The van der Waals surface area contributed by atoms with Crippen LogP contribution in [-0.2, 0) is 22.2 Å². The van der Waals surface area contributed by atoms with Gasteiger partial charge in [-0.25, -0.2) is 13.2 Å². The van der Waals surface area contributed by atoms with Crippen molar-refractivity contribution in [2.24, 2.45) is 5.92 Å². The number of aryl methyl sites for hydroxylation is 3. The molecular weight excluding hydrogens is 652 g/mol. The third-order valence-electron chi connectivity index (χ3n) is 9.06. The van der Waals surface area contributed by atoms with Crippen molar-refractivity contribution in [1.29, 1.82) is 0 Å². The molecule has 7 nitrogen and oxygen atoms in total. The van der Waals surface area contributed by atoms with Crippen molar-refractivity contribution in [3.05, 3.63) is 91.1 Å². The molecule has 2 heterocycles. The molecule has 4 rings (SSSR count). The standard InChI is InChI=1S/C36H41F6N3O4/c1-18(2)12-27(45-17-23(8-11-44-9-7-10-44)25(15-28(45)46)36(40,41)42)35(49)43-26(16-29(47)48)31-33(38)21(5)14-24(34(31)39)30-19(3)13-20(4)32(37)22(30)6/h13-15,17-18,26-27H,7-12,16H2,1-6H3,(H,43,49)(H,47,48). The molecule has 13 heteroatoms. The first kappa shape index (κ1) is 37.7. The van der Waals surface area contributed by atoms with E-state index in [9.17, 15) is 37.1 Å². The summed E-state index contributed by atoms with van der Waals surface area (Å²) in [5.74, 6) is -5.73. The Morgan fingerprint density at radius 2 is 1.57 bits per heavy atom. The molecule has 1 aromatic heterocycles. The Balaban J connectivity index is 1.83. The second kappa shape index (κ2) is 14.8. The predicted molar refractivity (Wildman–Crippen MR) is 173 cm³/mol. The van der Waals surface area contributed by atoms with Gasteiger partial charge in [0.25, 0.3) is 5.56 Å². The number of carboxylic acids is 1. The number of nitrogens with zero attached hydrogens (tertiary/aromatic N) is 2. The molecule has 1 saturated heterocycles. The van der Waals surface area contributed by atoms with Crippen LogP contribution in [-0.4, -0.2) is 46.1 Å². The molecule has 2 atom stereocenters. The van der Waals surface area contributed by atoms with Crippen LogP contribution >= 0.6 is 0 Å². The maximum Gasteiger partial charge on any atom is 0.416 e. The number of carbonyl (C=O) groups is 2. The second-order valence-corrected chi connectivity index (χ2v) is 13.3. The molecule has 1 fully saturated rings. The number of aliphatic carboxylic acids is 1. The highest BCUT2D eigenvalue weighted by Gasteiger charge is 2.37. The lowest BCUT2D eigenvalue weighted by molar-refractivity contribution is -0.139. The molecule has 49 heavy (non-hydrogen) atoms. The van der Waals surface area contributed by atoms with Crippen molar-refractivity contribution in [3.63, 3.8) is 0 Å². The van der Waals surface area contributed by atoms with Crippen LogP contribution in [0.3, 0.4) is 0 Å². The largest absolute Gasteiger partial charge is 0.481 e. The molecule has 2 N–H and O–H groups in total. The predicted octanol–water partition coefficient (Wildman–Crippen LogP) is 7.35. The maximum atomic E-state index is 16.5. The number of rotatable bonds is 12. The van der Waals surface area contributed by atoms with Crippen molar-refractivity contribution >= 4 is 11.9 Å². The zero-order valence-electron chi connectivity index (χ0n) is 28.3. The fourth-order valence-electron chi connectivity index (χ4n) is 6.50. The molecule has 3 aromatic rings. The van der Waals surface area contributed by atoms with Crippen molar-refractivity contribution in [3.8, 4) is 11.1 Å². The average Bonchev–Trinajstić information content (AvgIpc) is 2.96. The quantitative estimate of drug-likeness (QED) is 0.194. The number of benzene rings is 2. The van der Waals surface area contributed by atoms with Gasteiger partial charge in [-0.15, -0.1) is 0 Å². The Kier molecular flexibility index (Phi) is 11.4. The molecule has 1 aliphatic heterocycles. The minimum Gasteiger partial charge on any atom is -0.481 e. The summed E-state index contributed by atoms with van der Waals surface area (Å²) < 4.78 is 90.1. The van der Waals surface area contributed by atoms with Gasteiger partial charge in [0.15, 0.2) is 0 Å². The lowest BCUT2D eigenvalue weighted by atomic mass is 9.88. The monoisotopic (exact) mass is 693 g/mol. The van der Waals surface area contributed by atoms with E-state index in [0.717, 1.165) is 30.3 Å². The van der Waals surface area contributed by atoms with Gasteiger partial charge < -0.3 is 19.9 Å². The highest BCUT2D eigenvalue weighted by Crippen LogP contribution is 2.38. The number of pyridine rings is 1.